The van der Waals surface area contributed by atoms with Gasteiger partial charge in [0, 0.05) is 37.6 Å². The number of hydrogen-bond acceptors (Lipinski definition) is 7. The van der Waals surface area contributed by atoms with Crippen molar-refractivity contribution in [1.82, 2.24) is 24.4 Å². The Kier molecular flexibility index (Phi) is 6.09. The van der Waals surface area contributed by atoms with Crippen LogP contribution in [0.2, 0.25) is 0 Å². The van der Waals surface area contributed by atoms with Gasteiger partial charge in [0.25, 0.3) is 5.91 Å². The number of fused-ring (bicyclic) bond motifs is 1. The normalized spacial score (nSPS) is 13.6. The van der Waals surface area contributed by atoms with E-state index >= 15 is 0 Å². The Morgan fingerprint density at radius 1 is 1.17 bits per heavy atom. The summed E-state index contributed by atoms with van der Waals surface area (Å²) in [6.45, 7) is 3.79. The van der Waals surface area contributed by atoms with Gasteiger partial charge in [-0.25, -0.2) is 14.8 Å². The highest BCUT2D eigenvalue weighted by Crippen LogP contribution is 2.36. The molecule has 3 aromatic heterocycles. The van der Waals surface area contributed by atoms with E-state index in [-0.39, 0.29) is 17.4 Å². The smallest absolute Gasteiger partial charge is 0.337 e. The van der Waals surface area contributed by atoms with Gasteiger partial charge in [-0.1, -0.05) is 11.6 Å². The lowest BCUT2D eigenvalue weighted by Gasteiger charge is -2.25. The summed E-state index contributed by atoms with van der Waals surface area (Å²) < 4.78 is 1.83. The molecule has 0 radical (unpaired) electrons. The minimum atomic E-state index is -1.06. The molecule has 0 aliphatic heterocycles. The van der Waals surface area contributed by atoms with E-state index in [1.807, 2.05) is 30.6 Å². The molecule has 1 amide bonds. The van der Waals surface area contributed by atoms with Crippen LogP contribution in [0.3, 0.4) is 0 Å². The van der Waals surface area contributed by atoms with Crippen LogP contribution >= 0.6 is 0 Å². The third-order valence-corrected chi connectivity index (χ3v) is 5.91. The van der Waals surface area contributed by atoms with Gasteiger partial charge in [0.2, 0.25) is 5.95 Å². The number of hydrogen-bond donors (Lipinski definition) is 2. The first-order valence-corrected chi connectivity index (χ1v) is 11.0. The summed E-state index contributed by atoms with van der Waals surface area (Å²) >= 11 is 0. The number of pyridine rings is 1. The Morgan fingerprint density at radius 2 is 1.94 bits per heavy atom. The number of nitriles is 1. The zero-order valence-corrected chi connectivity index (χ0v) is 19.9. The zero-order chi connectivity index (χ0) is 25.3. The molecular formula is C25H25N7O3. The standard InChI is InChI=1S/C25H25N7O3/c1-25(2,14-26)17-6-8-18(9-7-17)32-19(22(33)31(3)4)11-16-13-28-24(30-21(16)32)29-20-10-5-15(12-27-20)23(34)35/h5-6,8,10-13H,7,9H2,1-4H3,(H,34,35)(H,27,28,29,30). The molecule has 1 aliphatic rings. The lowest BCUT2D eigenvalue weighted by molar-refractivity contribution is 0.0696. The van der Waals surface area contributed by atoms with Crippen molar-refractivity contribution >= 4 is 40.4 Å². The van der Waals surface area contributed by atoms with Crippen LogP contribution in [-0.4, -0.2) is 55.5 Å². The lowest BCUT2D eigenvalue weighted by Crippen LogP contribution is -2.25. The first-order chi connectivity index (χ1) is 16.6. The third-order valence-electron chi connectivity index (χ3n) is 5.91. The molecule has 0 fully saturated rings. The monoisotopic (exact) mass is 471 g/mol. The number of carboxylic acid groups (broad SMARTS) is 1. The summed E-state index contributed by atoms with van der Waals surface area (Å²) in [6.07, 6.45) is 8.09. The van der Waals surface area contributed by atoms with Crippen molar-refractivity contribution in [2.24, 2.45) is 5.41 Å². The van der Waals surface area contributed by atoms with Gasteiger partial charge in [-0.2, -0.15) is 10.2 Å². The fraction of sp³-hybridized carbons (Fsp3) is 0.280. The molecule has 3 heterocycles. The van der Waals surface area contributed by atoms with Gasteiger partial charge in [0.15, 0.2) is 5.65 Å². The van der Waals surface area contributed by atoms with Crippen molar-refractivity contribution in [2.75, 3.05) is 19.4 Å². The number of aromatic nitrogens is 4. The molecule has 0 spiro atoms. The van der Waals surface area contributed by atoms with Crippen LogP contribution in [-0.2, 0) is 0 Å². The van der Waals surface area contributed by atoms with Gasteiger partial charge in [-0.05, 0) is 51.0 Å². The Labute approximate surface area is 202 Å². The van der Waals surface area contributed by atoms with Crippen molar-refractivity contribution in [1.29, 1.82) is 5.26 Å². The number of rotatable bonds is 6. The first-order valence-electron chi connectivity index (χ1n) is 11.0. The van der Waals surface area contributed by atoms with Crippen molar-refractivity contribution in [2.45, 2.75) is 26.7 Å². The molecule has 0 bridgehead atoms. The highest BCUT2D eigenvalue weighted by atomic mass is 16.4. The summed E-state index contributed by atoms with van der Waals surface area (Å²) in [4.78, 5) is 38.7. The second kappa shape index (κ2) is 9.02. The number of amides is 1. The summed E-state index contributed by atoms with van der Waals surface area (Å²) in [6, 6.07) is 7.08. The maximum Gasteiger partial charge on any atom is 0.337 e. The van der Waals surface area contributed by atoms with E-state index in [1.54, 1.807) is 26.4 Å². The quantitative estimate of drug-likeness (QED) is 0.549. The molecule has 10 nitrogen and oxygen atoms in total. The molecule has 1 aliphatic carbocycles. The average Bonchev–Trinajstić information content (AvgIpc) is 3.22. The molecule has 0 unspecified atom stereocenters. The van der Waals surface area contributed by atoms with Gasteiger partial charge in [0.05, 0.1) is 17.0 Å². The third kappa shape index (κ3) is 4.61. The largest absolute Gasteiger partial charge is 0.478 e. The van der Waals surface area contributed by atoms with Crippen LogP contribution in [0.25, 0.3) is 16.7 Å². The molecule has 2 N–H and O–H groups in total. The first kappa shape index (κ1) is 23.6. The van der Waals surface area contributed by atoms with E-state index in [0.717, 1.165) is 11.3 Å². The summed E-state index contributed by atoms with van der Waals surface area (Å²) in [7, 11) is 3.39. The minimum Gasteiger partial charge on any atom is -0.478 e. The van der Waals surface area contributed by atoms with Crippen LogP contribution in [0.1, 0.15) is 47.5 Å². The maximum atomic E-state index is 13.0. The van der Waals surface area contributed by atoms with E-state index in [4.69, 9.17) is 5.11 Å². The van der Waals surface area contributed by atoms with Crippen molar-refractivity contribution in [3.8, 4) is 6.07 Å². The molecule has 4 rings (SSSR count). The predicted octanol–water partition coefficient (Wildman–Crippen LogP) is 4.08. The molecule has 0 saturated carbocycles. The molecule has 0 atom stereocenters. The van der Waals surface area contributed by atoms with Gasteiger partial charge in [-0.15, -0.1) is 0 Å². The van der Waals surface area contributed by atoms with Crippen LogP contribution in [0.15, 0.2) is 48.3 Å². The Bertz CT molecular complexity index is 1420. The molecule has 0 aromatic carbocycles. The fourth-order valence-corrected chi connectivity index (χ4v) is 3.84. The lowest BCUT2D eigenvalue weighted by atomic mass is 9.81. The summed E-state index contributed by atoms with van der Waals surface area (Å²) in [5.41, 5.74) is 2.44. The number of aromatic carboxylic acids is 1. The molecule has 178 valence electrons. The van der Waals surface area contributed by atoms with E-state index in [0.29, 0.717) is 35.4 Å². The van der Waals surface area contributed by atoms with Crippen LogP contribution < -0.4 is 5.32 Å². The number of anilines is 2. The van der Waals surface area contributed by atoms with Crippen molar-refractivity contribution in [3.63, 3.8) is 0 Å². The highest BCUT2D eigenvalue weighted by molar-refractivity contribution is 5.99. The number of nitrogens with zero attached hydrogens (tertiary/aromatic N) is 6. The SMILES string of the molecule is CN(C)C(=O)c1cc2cnc(Nc3ccc(C(=O)O)cn3)nc2n1C1=CC=C(C(C)(C)C#N)CC1. The van der Waals surface area contributed by atoms with Crippen LogP contribution in [0, 0.1) is 16.7 Å². The Balaban J connectivity index is 1.78. The summed E-state index contributed by atoms with van der Waals surface area (Å²) in [5.74, 6) is -0.583. The molecule has 35 heavy (non-hydrogen) atoms. The summed E-state index contributed by atoms with van der Waals surface area (Å²) in [5, 5.41) is 22.2. The second-order valence-electron chi connectivity index (χ2n) is 8.99. The van der Waals surface area contributed by atoms with Gasteiger partial charge < -0.3 is 15.3 Å². The Hall–Kier alpha value is -4.52. The molecule has 0 saturated heterocycles. The molecule has 3 aromatic rings. The fourth-order valence-electron chi connectivity index (χ4n) is 3.84. The number of carboxylic acids is 1. The van der Waals surface area contributed by atoms with Crippen LogP contribution in [0.4, 0.5) is 11.8 Å². The van der Waals surface area contributed by atoms with Gasteiger partial charge in [-0.3, -0.25) is 9.36 Å². The van der Waals surface area contributed by atoms with E-state index in [9.17, 15) is 14.9 Å². The van der Waals surface area contributed by atoms with E-state index < -0.39 is 11.4 Å². The zero-order valence-electron chi connectivity index (χ0n) is 19.9. The maximum absolute atomic E-state index is 13.0. The number of allylic oxidation sites excluding steroid dienone is 4. The van der Waals surface area contributed by atoms with Gasteiger partial charge in [0.1, 0.15) is 11.5 Å². The van der Waals surface area contributed by atoms with Crippen LogP contribution in [0.5, 0.6) is 0 Å². The van der Waals surface area contributed by atoms with Crippen molar-refractivity contribution < 1.29 is 14.7 Å². The van der Waals surface area contributed by atoms with Gasteiger partial charge >= 0.3 is 5.97 Å². The topological polar surface area (TPSA) is 137 Å². The van der Waals surface area contributed by atoms with E-state index in [1.165, 1.54) is 23.2 Å². The minimum absolute atomic E-state index is 0.0730. The molecular weight excluding hydrogens is 446 g/mol. The van der Waals surface area contributed by atoms with E-state index in [2.05, 4.69) is 26.3 Å². The Morgan fingerprint density at radius 3 is 2.51 bits per heavy atom. The second-order valence-corrected chi connectivity index (χ2v) is 8.99. The average molecular weight is 472 g/mol. The van der Waals surface area contributed by atoms with Crippen molar-refractivity contribution in [3.05, 3.63) is 59.6 Å². The number of carbonyl (C=O) groups excluding carboxylic acids is 1. The number of carbonyl (C=O) groups is 2. The predicted molar refractivity (Wildman–Crippen MR) is 131 cm³/mol. The number of nitrogens with one attached hydrogen (secondary N) is 1. The highest BCUT2D eigenvalue weighted by Gasteiger charge is 2.27. The molecule has 10 heteroatoms.